The number of rotatable bonds is 5. The van der Waals surface area contributed by atoms with Gasteiger partial charge in [-0.1, -0.05) is 13.8 Å². The molecule has 0 fully saturated rings. The molecule has 0 aromatic heterocycles. The Hall–Kier alpha value is -0.250. The standard InChI is InChI=1S/2C6H16N.C4H8N.ClH/c2*1-5-6-7(2,3)4;1-3-4-5-2;/h2*5-6H2,1-4H3;3-4H,1-2H3;1H/q2*+1;-1;/p-1. The highest BCUT2D eigenvalue weighted by Gasteiger charge is 2.01. The van der Waals surface area contributed by atoms with Gasteiger partial charge in [0.15, 0.2) is 0 Å². The van der Waals surface area contributed by atoms with Crippen LogP contribution in [0.1, 0.15) is 33.6 Å². The lowest BCUT2D eigenvalue weighted by molar-refractivity contribution is -0.870. The predicted molar refractivity (Wildman–Crippen MR) is 90.5 cm³/mol. The van der Waals surface area contributed by atoms with Crippen LogP contribution < -0.4 is 12.4 Å². The van der Waals surface area contributed by atoms with Gasteiger partial charge in [-0.3, -0.25) is 0 Å². The molecule has 0 aromatic carbocycles. The molecular formula is C16H40ClN3. The minimum absolute atomic E-state index is 0. The van der Waals surface area contributed by atoms with E-state index in [2.05, 4.69) is 61.5 Å². The van der Waals surface area contributed by atoms with Crippen molar-refractivity contribution in [3.05, 3.63) is 17.6 Å². The normalized spacial score (nSPS) is 10.7. The van der Waals surface area contributed by atoms with Crippen LogP contribution in [0.25, 0.3) is 5.32 Å². The molecule has 0 saturated carbocycles. The third kappa shape index (κ3) is 52.4. The Morgan fingerprint density at radius 1 is 0.800 bits per heavy atom. The molecule has 20 heavy (non-hydrogen) atoms. The maximum absolute atomic E-state index is 3.67. The number of nitrogens with zero attached hydrogens (tertiary/aromatic N) is 3. The Morgan fingerprint density at radius 3 is 1.10 bits per heavy atom. The van der Waals surface area contributed by atoms with Crippen LogP contribution in [-0.4, -0.2) is 71.4 Å². The molecule has 0 amide bonds. The predicted octanol–water partition coefficient (Wildman–Crippen LogP) is 0.733. The van der Waals surface area contributed by atoms with E-state index < -0.39 is 0 Å². The average molecular weight is 310 g/mol. The lowest BCUT2D eigenvalue weighted by Crippen LogP contribution is -3.00. The first-order valence-corrected chi connectivity index (χ1v) is 7.35. The monoisotopic (exact) mass is 309 g/mol. The smallest absolute Gasteiger partial charge is 0.0777 e. The molecule has 0 heterocycles. The van der Waals surface area contributed by atoms with Crippen LogP contribution >= 0.6 is 0 Å². The molecule has 0 bridgehead atoms. The van der Waals surface area contributed by atoms with E-state index in [0.717, 1.165) is 8.97 Å². The van der Waals surface area contributed by atoms with Crippen molar-refractivity contribution in [1.82, 2.24) is 0 Å². The Balaban J connectivity index is -0.0000000952. The van der Waals surface area contributed by atoms with E-state index in [1.54, 1.807) is 13.2 Å². The van der Waals surface area contributed by atoms with E-state index in [-0.39, 0.29) is 12.4 Å². The summed E-state index contributed by atoms with van der Waals surface area (Å²) in [6, 6.07) is 0. The van der Waals surface area contributed by atoms with Gasteiger partial charge in [-0.25, -0.2) is 0 Å². The number of allylic oxidation sites excluding steroid dienone is 1. The summed E-state index contributed by atoms with van der Waals surface area (Å²) in [6.45, 7) is 8.92. The summed E-state index contributed by atoms with van der Waals surface area (Å²) < 4.78 is 2.19. The lowest BCUT2D eigenvalue weighted by atomic mass is 10.4. The molecule has 0 aliphatic rings. The molecule has 0 aliphatic heterocycles. The molecule has 0 spiro atoms. The third-order valence-corrected chi connectivity index (χ3v) is 2.09. The Morgan fingerprint density at radius 2 is 1.10 bits per heavy atom. The zero-order chi connectivity index (χ0) is 15.9. The summed E-state index contributed by atoms with van der Waals surface area (Å²) in [5.74, 6) is 0. The van der Waals surface area contributed by atoms with Crippen LogP contribution in [-0.2, 0) is 0 Å². The minimum atomic E-state index is 0. The van der Waals surface area contributed by atoms with Crippen LogP contribution in [0.5, 0.6) is 0 Å². The zero-order valence-electron chi connectivity index (χ0n) is 15.7. The van der Waals surface area contributed by atoms with E-state index in [4.69, 9.17) is 0 Å². The second-order valence-corrected chi connectivity index (χ2v) is 6.77. The van der Waals surface area contributed by atoms with Crippen LogP contribution in [0.4, 0.5) is 0 Å². The lowest BCUT2D eigenvalue weighted by Gasteiger charge is -2.22. The van der Waals surface area contributed by atoms with Crippen molar-refractivity contribution in [1.29, 1.82) is 0 Å². The van der Waals surface area contributed by atoms with Gasteiger partial charge in [-0.15, -0.1) is 13.1 Å². The summed E-state index contributed by atoms with van der Waals surface area (Å²) in [4.78, 5) is 0. The van der Waals surface area contributed by atoms with Gasteiger partial charge in [0.25, 0.3) is 0 Å². The highest BCUT2D eigenvalue weighted by molar-refractivity contribution is 4.92. The molecular weight excluding hydrogens is 270 g/mol. The summed E-state index contributed by atoms with van der Waals surface area (Å²) in [5.41, 5.74) is 0. The van der Waals surface area contributed by atoms with E-state index in [1.165, 1.54) is 25.9 Å². The van der Waals surface area contributed by atoms with Crippen LogP contribution in [0.2, 0.25) is 0 Å². The van der Waals surface area contributed by atoms with Crippen molar-refractivity contribution in [2.24, 2.45) is 0 Å². The molecule has 0 saturated heterocycles. The van der Waals surface area contributed by atoms with Crippen molar-refractivity contribution >= 4 is 0 Å². The Bertz CT molecular complexity index is 175. The van der Waals surface area contributed by atoms with E-state index >= 15 is 0 Å². The fraction of sp³-hybridized carbons (Fsp3) is 0.875. The molecule has 126 valence electrons. The largest absolute Gasteiger partial charge is 1.00 e. The molecule has 3 nitrogen and oxygen atoms in total. The second-order valence-electron chi connectivity index (χ2n) is 6.77. The van der Waals surface area contributed by atoms with Gasteiger partial charge in [0.2, 0.25) is 0 Å². The van der Waals surface area contributed by atoms with Crippen molar-refractivity contribution in [2.45, 2.75) is 33.6 Å². The first-order valence-electron chi connectivity index (χ1n) is 7.35. The maximum atomic E-state index is 3.67. The van der Waals surface area contributed by atoms with Gasteiger partial charge in [0.05, 0.1) is 55.4 Å². The number of quaternary nitrogens is 2. The zero-order valence-corrected chi connectivity index (χ0v) is 16.5. The van der Waals surface area contributed by atoms with E-state index in [0.29, 0.717) is 0 Å². The molecule has 0 unspecified atom stereocenters. The van der Waals surface area contributed by atoms with E-state index in [9.17, 15) is 0 Å². The molecule has 0 rings (SSSR count). The molecule has 0 aromatic rings. The summed E-state index contributed by atoms with van der Waals surface area (Å²) in [5, 5.41) is 3.67. The fourth-order valence-corrected chi connectivity index (χ4v) is 1.49. The summed E-state index contributed by atoms with van der Waals surface area (Å²) >= 11 is 0. The molecule has 0 atom stereocenters. The summed E-state index contributed by atoms with van der Waals surface area (Å²) in [6.07, 6.45) is 6.20. The van der Waals surface area contributed by atoms with Crippen LogP contribution in [0.15, 0.2) is 12.3 Å². The van der Waals surface area contributed by atoms with Gasteiger partial charge in [0, 0.05) is 0 Å². The molecule has 0 N–H and O–H groups in total. The SMILES string of the molecule is CC=C[N-]C.CCC[N+](C)(C)C.CCC[N+](C)(C)C.[Cl-]. The van der Waals surface area contributed by atoms with Crippen molar-refractivity contribution < 1.29 is 21.4 Å². The number of hydrogen-bond donors (Lipinski definition) is 0. The van der Waals surface area contributed by atoms with E-state index in [1.807, 2.05) is 13.0 Å². The molecule has 4 heteroatoms. The van der Waals surface area contributed by atoms with Gasteiger partial charge in [0.1, 0.15) is 0 Å². The third-order valence-electron chi connectivity index (χ3n) is 2.09. The van der Waals surface area contributed by atoms with Crippen LogP contribution in [0.3, 0.4) is 0 Å². The van der Waals surface area contributed by atoms with Gasteiger partial charge in [-0.2, -0.15) is 6.20 Å². The van der Waals surface area contributed by atoms with Gasteiger partial charge < -0.3 is 26.7 Å². The molecule has 0 radical (unpaired) electrons. The van der Waals surface area contributed by atoms with Crippen LogP contribution in [0, 0.1) is 0 Å². The quantitative estimate of drug-likeness (QED) is 0.665. The van der Waals surface area contributed by atoms with Crippen molar-refractivity contribution in [3.8, 4) is 0 Å². The maximum Gasteiger partial charge on any atom is 0.0777 e. The number of hydrogen-bond acceptors (Lipinski definition) is 0. The van der Waals surface area contributed by atoms with Crippen molar-refractivity contribution in [2.75, 3.05) is 62.4 Å². The fourth-order valence-electron chi connectivity index (χ4n) is 1.49. The van der Waals surface area contributed by atoms with Gasteiger partial charge >= 0.3 is 0 Å². The second kappa shape index (κ2) is 16.8. The Labute approximate surface area is 135 Å². The highest BCUT2D eigenvalue weighted by atomic mass is 35.5. The first kappa shape index (κ1) is 28.0. The molecule has 0 aliphatic carbocycles. The highest BCUT2D eigenvalue weighted by Crippen LogP contribution is 1.90. The van der Waals surface area contributed by atoms with Gasteiger partial charge in [-0.05, 0) is 19.8 Å². The minimum Gasteiger partial charge on any atom is -1.00 e. The Kier molecular flexibility index (Phi) is 23.5. The summed E-state index contributed by atoms with van der Waals surface area (Å²) in [7, 11) is 15.0. The number of halogens is 1. The topological polar surface area (TPSA) is 14.1 Å². The average Bonchev–Trinajstić information content (AvgIpc) is 2.16. The van der Waals surface area contributed by atoms with Crippen molar-refractivity contribution in [3.63, 3.8) is 0 Å². The first-order chi connectivity index (χ1) is 8.54.